The SMILES string of the molecule is Cc1cccn2cc(-c3ccccc3NC(=O)CC3CCCCC3)nc12. The third kappa shape index (κ3) is 3.50. The molecule has 4 nitrogen and oxygen atoms in total. The van der Waals surface area contributed by atoms with Crippen LogP contribution in [0, 0.1) is 12.8 Å². The van der Waals surface area contributed by atoms with E-state index in [9.17, 15) is 4.79 Å². The maximum Gasteiger partial charge on any atom is 0.224 e. The standard InChI is InChI=1S/C22H25N3O/c1-16-8-7-13-25-15-20(24-22(16)25)18-11-5-6-12-19(18)23-21(26)14-17-9-3-2-4-10-17/h5-8,11-13,15,17H,2-4,9-10,14H2,1H3,(H,23,26). The quantitative estimate of drug-likeness (QED) is 0.703. The highest BCUT2D eigenvalue weighted by atomic mass is 16.1. The van der Waals surface area contributed by atoms with Crippen molar-refractivity contribution in [1.82, 2.24) is 9.38 Å². The van der Waals surface area contributed by atoms with E-state index in [2.05, 4.69) is 18.3 Å². The summed E-state index contributed by atoms with van der Waals surface area (Å²) < 4.78 is 2.03. The monoisotopic (exact) mass is 347 g/mol. The second kappa shape index (κ2) is 7.32. The van der Waals surface area contributed by atoms with Gasteiger partial charge in [0.05, 0.1) is 11.4 Å². The molecule has 3 aromatic rings. The van der Waals surface area contributed by atoms with Crippen molar-refractivity contribution in [2.45, 2.75) is 45.4 Å². The molecule has 1 N–H and O–H groups in total. The number of hydrogen-bond acceptors (Lipinski definition) is 2. The van der Waals surface area contributed by atoms with Crippen LogP contribution in [0.5, 0.6) is 0 Å². The number of amides is 1. The van der Waals surface area contributed by atoms with Crippen LogP contribution in [-0.4, -0.2) is 15.3 Å². The van der Waals surface area contributed by atoms with Gasteiger partial charge in [0.25, 0.3) is 0 Å². The highest BCUT2D eigenvalue weighted by Crippen LogP contribution is 2.30. The first-order valence-corrected chi connectivity index (χ1v) is 9.54. The molecule has 1 amide bonds. The molecule has 0 aliphatic heterocycles. The fraction of sp³-hybridized carbons (Fsp3) is 0.364. The van der Waals surface area contributed by atoms with Gasteiger partial charge in [0.2, 0.25) is 5.91 Å². The molecule has 0 bridgehead atoms. The molecule has 1 aliphatic carbocycles. The number of carbonyl (C=O) groups excluding carboxylic acids is 1. The number of aromatic nitrogens is 2. The summed E-state index contributed by atoms with van der Waals surface area (Å²) in [6.07, 6.45) is 10.8. The number of hydrogen-bond donors (Lipinski definition) is 1. The summed E-state index contributed by atoms with van der Waals surface area (Å²) in [6.45, 7) is 2.06. The predicted molar refractivity (Wildman–Crippen MR) is 105 cm³/mol. The molecule has 2 heterocycles. The van der Waals surface area contributed by atoms with Crippen molar-refractivity contribution < 1.29 is 4.79 Å². The fourth-order valence-corrected chi connectivity index (χ4v) is 3.95. The van der Waals surface area contributed by atoms with Gasteiger partial charge in [-0.1, -0.05) is 43.5 Å². The number of benzene rings is 1. The number of fused-ring (bicyclic) bond motifs is 1. The summed E-state index contributed by atoms with van der Waals surface area (Å²) in [7, 11) is 0. The van der Waals surface area contributed by atoms with Crippen LogP contribution in [0.4, 0.5) is 5.69 Å². The second-order valence-electron chi connectivity index (χ2n) is 7.35. The van der Waals surface area contributed by atoms with Crippen molar-refractivity contribution in [3.8, 4) is 11.3 Å². The van der Waals surface area contributed by atoms with Gasteiger partial charge in [-0.2, -0.15) is 0 Å². The maximum absolute atomic E-state index is 12.6. The summed E-state index contributed by atoms with van der Waals surface area (Å²) in [5.41, 5.74) is 4.78. The Hall–Kier alpha value is -2.62. The Kier molecular flexibility index (Phi) is 4.74. The van der Waals surface area contributed by atoms with E-state index in [-0.39, 0.29) is 5.91 Å². The minimum absolute atomic E-state index is 0.115. The Morgan fingerprint density at radius 1 is 1.15 bits per heavy atom. The highest BCUT2D eigenvalue weighted by molar-refractivity contribution is 5.95. The topological polar surface area (TPSA) is 46.4 Å². The number of para-hydroxylation sites is 1. The Labute approximate surface area is 154 Å². The number of carbonyl (C=O) groups is 1. The number of nitrogens with one attached hydrogen (secondary N) is 1. The highest BCUT2D eigenvalue weighted by Gasteiger charge is 2.18. The van der Waals surface area contributed by atoms with Crippen molar-refractivity contribution in [3.05, 3.63) is 54.4 Å². The first kappa shape index (κ1) is 16.8. The number of aryl methyl sites for hydroxylation is 1. The van der Waals surface area contributed by atoms with E-state index >= 15 is 0 Å². The molecule has 0 spiro atoms. The largest absolute Gasteiger partial charge is 0.325 e. The van der Waals surface area contributed by atoms with E-state index in [1.165, 1.54) is 32.1 Å². The van der Waals surface area contributed by atoms with Crippen molar-refractivity contribution >= 4 is 17.2 Å². The Morgan fingerprint density at radius 2 is 1.96 bits per heavy atom. The van der Waals surface area contributed by atoms with Crippen molar-refractivity contribution in [1.29, 1.82) is 0 Å². The molecule has 2 aromatic heterocycles. The summed E-state index contributed by atoms with van der Waals surface area (Å²) in [4.78, 5) is 17.3. The normalized spacial score (nSPS) is 15.3. The Morgan fingerprint density at radius 3 is 2.77 bits per heavy atom. The van der Waals surface area contributed by atoms with Crippen LogP contribution in [0.2, 0.25) is 0 Å². The summed E-state index contributed by atoms with van der Waals surface area (Å²) in [5.74, 6) is 0.651. The van der Waals surface area contributed by atoms with E-state index in [4.69, 9.17) is 4.98 Å². The number of anilines is 1. The van der Waals surface area contributed by atoms with Crippen molar-refractivity contribution in [2.75, 3.05) is 5.32 Å². The minimum atomic E-state index is 0.115. The van der Waals surface area contributed by atoms with Crippen molar-refractivity contribution in [3.63, 3.8) is 0 Å². The van der Waals surface area contributed by atoms with Crippen LogP contribution >= 0.6 is 0 Å². The zero-order chi connectivity index (χ0) is 17.9. The first-order chi connectivity index (χ1) is 12.7. The lowest BCUT2D eigenvalue weighted by atomic mass is 9.87. The Balaban J connectivity index is 1.57. The predicted octanol–water partition coefficient (Wildman–Crippen LogP) is 5.22. The molecule has 1 aliphatic rings. The molecular formula is C22H25N3O. The molecule has 0 unspecified atom stereocenters. The molecule has 0 atom stereocenters. The van der Waals surface area contributed by atoms with Gasteiger partial charge in [-0.25, -0.2) is 4.98 Å². The third-order valence-electron chi connectivity index (χ3n) is 5.35. The van der Waals surface area contributed by atoms with E-state index in [0.717, 1.165) is 28.2 Å². The molecule has 0 radical (unpaired) electrons. The van der Waals surface area contributed by atoms with Gasteiger partial charge in [-0.3, -0.25) is 4.79 Å². The van der Waals surface area contributed by atoms with Gasteiger partial charge in [0, 0.05) is 24.4 Å². The number of pyridine rings is 1. The maximum atomic E-state index is 12.6. The molecule has 1 aromatic carbocycles. The van der Waals surface area contributed by atoms with Gasteiger partial charge in [-0.15, -0.1) is 0 Å². The lowest BCUT2D eigenvalue weighted by molar-refractivity contribution is -0.117. The van der Waals surface area contributed by atoms with E-state index in [0.29, 0.717) is 12.3 Å². The lowest BCUT2D eigenvalue weighted by Gasteiger charge is -2.21. The third-order valence-corrected chi connectivity index (χ3v) is 5.35. The van der Waals surface area contributed by atoms with Gasteiger partial charge < -0.3 is 9.72 Å². The van der Waals surface area contributed by atoms with E-state index in [1.807, 2.05) is 47.1 Å². The fourth-order valence-electron chi connectivity index (χ4n) is 3.95. The summed E-state index contributed by atoms with van der Waals surface area (Å²) in [5, 5.41) is 3.13. The molecule has 4 heteroatoms. The second-order valence-corrected chi connectivity index (χ2v) is 7.35. The number of imidazole rings is 1. The van der Waals surface area contributed by atoms with Crippen LogP contribution in [0.3, 0.4) is 0 Å². The summed E-state index contributed by atoms with van der Waals surface area (Å²) >= 11 is 0. The van der Waals surface area contributed by atoms with Crippen LogP contribution < -0.4 is 5.32 Å². The molecular weight excluding hydrogens is 322 g/mol. The molecule has 4 rings (SSSR count). The number of rotatable bonds is 4. The average Bonchev–Trinajstić information content (AvgIpc) is 3.08. The molecule has 0 saturated heterocycles. The first-order valence-electron chi connectivity index (χ1n) is 9.54. The minimum Gasteiger partial charge on any atom is -0.325 e. The van der Waals surface area contributed by atoms with Gasteiger partial charge in [0.15, 0.2) is 0 Å². The van der Waals surface area contributed by atoms with Crippen LogP contribution in [-0.2, 0) is 4.79 Å². The average molecular weight is 347 g/mol. The Bertz CT molecular complexity index is 922. The summed E-state index contributed by atoms with van der Waals surface area (Å²) in [6, 6.07) is 12.0. The smallest absolute Gasteiger partial charge is 0.224 e. The van der Waals surface area contributed by atoms with Gasteiger partial charge in [-0.05, 0) is 43.4 Å². The van der Waals surface area contributed by atoms with Crippen LogP contribution in [0.15, 0.2) is 48.8 Å². The van der Waals surface area contributed by atoms with Gasteiger partial charge >= 0.3 is 0 Å². The van der Waals surface area contributed by atoms with Crippen LogP contribution in [0.1, 0.15) is 44.1 Å². The number of nitrogens with zero attached hydrogens (tertiary/aromatic N) is 2. The molecule has 1 fully saturated rings. The lowest BCUT2D eigenvalue weighted by Crippen LogP contribution is -2.18. The van der Waals surface area contributed by atoms with E-state index in [1.54, 1.807) is 0 Å². The van der Waals surface area contributed by atoms with Gasteiger partial charge in [0.1, 0.15) is 5.65 Å². The van der Waals surface area contributed by atoms with Crippen LogP contribution in [0.25, 0.3) is 16.9 Å². The molecule has 1 saturated carbocycles. The zero-order valence-electron chi connectivity index (χ0n) is 15.2. The molecule has 134 valence electrons. The van der Waals surface area contributed by atoms with E-state index < -0.39 is 0 Å². The zero-order valence-corrected chi connectivity index (χ0v) is 15.2. The molecule has 26 heavy (non-hydrogen) atoms. The van der Waals surface area contributed by atoms with Crippen molar-refractivity contribution in [2.24, 2.45) is 5.92 Å².